The zero-order valence-electron chi connectivity index (χ0n) is 11.2. The molecule has 2 N–H and O–H groups in total. The molecule has 2 saturated carbocycles. The SMILES string of the molecule is CCC(C)N(CC)C1(CN)CC2CCC1C2. The van der Waals surface area contributed by atoms with Crippen LogP contribution in [-0.2, 0) is 0 Å². The van der Waals surface area contributed by atoms with Crippen LogP contribution in [0.2, 0.25) is 0 Å². The van der Waals surface area contributed by atoms with Gasteiger partial charge in [0.2, 0.25) is 0 Å². The van der Waals surface area contributed by atoms with E-state index >= 15 is 0 Å². The Kier molecular flexibility index (Phi) is 3.60. The number of fused-ring (bicyclic) bond motifs is 2. The maximum Gasteiger partial charge on any atom is 0.0365 e. The number of likely N-dealkylation sites (N-methyl/N-ethyl adjacent to an activating group) is 1. The molecular formula is C14H28N2. The predicted molar refractivity (Wildman–Crippen MR) is 69.4 cm³/mol. The van der Waals surface area contributed by atoms with Crippen LogP contribution in [0.1, 0.15) is 52.9 Å². The molecular weight excluding hydrogens is 196 g/mol. The van der Waals surface area contributed by atoms with E-state index < -0.39 is 0 Å². The van der Waals surface area contributed by atoms with Crippen LogP contribution in [0.4, 0.5) is 0 Å². The lowest BCUT2D eigenvalue weighted by Gasteiger charge is -2.49. The summed E-state index contributed by atoms with van der Waals surface area (Å²) in [6.45, 7) is 9.00. The van der Waals surface area contributed by atoms with E-state index in [0.29, 0.717) is 11.6 Å². The highest BCUT2D eigenvalue weighted by Crippen LogP contribution is 2.53. The van der Waals surface area contributed by atoms with Gasteiger partial charge < -0.3 is 5.73 Å². The van der Waals surface area contributed by atoms with Crippen molar-refractivity contribution in [1.82, 2.24) is 4.90 Å². The summed E-state index contributed by atoms with van der Waals surface area (Å²) in [5.74, 6) is 1.86. The van der Waals surface area contributed by atoms with Crippen molar-refractivity contribution in [2.24, 2.45) is 17.6 Å². The second-order valence-corrected chi connectivity index (χ2v) is 5.93. The molecule has 2 heteroatoms. The van der Waals surface area contributed by atoms with Crippen LogP contribution in [0, 0.1) is 11.8 Å². The van der Waals surface area contributed by atoms with Gasteiger partial charge in [-0.2, -0.15) is 0 Å². The molecule has 4 atom stereocenters. The summed E-state index contributed by atoms with van der Waals surface area (Å²) in [4.78, 5) is 2.72. The van der Waals surface area contributed by atoms with Crippen molar-refractivity contribution in [3.05, 3.63) is 0 Å². The molecule has 0 aromatic heterocycles. The summed E-state index contributed by atoms with van der Waals surface area (Å²) in [6, 6.07) is 0.688. The average molecular weight is 224 g/mol. The smallest absolute Gasteiger partial charge is 0.0365 e. The van der Waals surface area contributed by atoms with E-state index in [1.54, 1.807) is 0 Å². The number of nitrogens with zero attached hydrogens (tertiary/aromatic N) is 1. The normalized spacial score (nSPS) is 39.6. The second kappa shape index (κ2) is 4.66. The lowest BCUT2D eigenvalue weighted by molar-refractivity contribution is 0.0137. The lowest BCUT2D eigenvalue weighted by atomic mass is 9.78. The molecule has 4 unspecified atom stereocenters. The first-order valence-corrected chi connectivity index (χ1v) is 7.14. The first-order chi connectivity index (χ1) is 7.67. The zero-order chi connectivity index (χ0) is 11.8. The molecule has 0 aromatic rings. The maximum atomic E-state index is 6.18. The summed E-state index contributed by atoms with van der Waals surface area (Å²) in [5.41, 5.74) is 6.54. The van der Waals surface area contributed by atoms with Crippen LogP contribution in [0.15, 0.2) is 0 Å². The largest absolute Gasteiger partial charge is 0.329 e. The first kappa shape index (κ1) is 12.4. The maximum absolute atomic E-state index is 6.18. The quantitative estimate of drug-likeness (QED) is 0.778. The van der Waals surface area contributed by atoms with Crippen LogP contribution >= 0.6 is 0 Å². The highest BCUT2D eigenvalue weighted by Gasteiger charge is 2.53. The highest BCUT2D eigenvalue weighted by molar-refractivity contribution is 5.08. The van der Waals surface area contributed by atoms with Crippen LogP contribution in [-0.4, -0.2) is 29.6 Å². The highest BCUT2D eigenvalue weighted by atomic mass is 15.2. The summed E-state index contributed by atoms with van der Waals surface area (Å²) in [7, 11) is 0. The van der Waals surface area contributed by atoms with Gasteiger partial charge in [-0.1, -0.05) is 20.3 Å². The first-order valence-electron chi connectivity index (χ1n) is 7.14. The predicted octanol–water partition coefficient (Wildman–Crippen LogP) is 2.62. The minimum atomic E-state index is 0.354. The second-order valence-electron chi connectivity index (χ2n) is 5.93. The fourth-order valence-corrected chi connectivity index (χ4v) is 4.42. The Morgan fingerprint density at radius 2 is 2.12 bits per heavy atom. The van der Waals surface area contributed by atoms with Gasteiger partial charge in [0, 0.05) is 18.1 Å². The molecule has 16 heavy (non-hydrogen) atoms. The van der Waals surface area contributed by atoms with Crippen molar-refractivity contribution in [1.29, 1.82) is 0 Å². The third kappa shape index (κ3) is 1.70. The van der Waals surface area contributed by atoms with Gasteiger partial charge in [0.1, 0.15) is 0 Å². The molecule has 2 aliphatic carbocycles. The van der Waals surface area contributed by atoms with Crippen molar-refractivity contribution in [3.63, 3.8) is 0 Å². The van der Waals surface area contributed by atoms with Gasteiger partial charge in [-0.15, -0.1) is 0 Å². The Labute approximate surface area is 101 Å². The third-order valence-corrected chi connectivity index (χ3v) is 5.33. The van der Waals surface area contributed by atoms with Crippen LogP contribution < -0.4 is 5.73 Å². The molecule has 0 spiro atoms. The van der Waals surface area contributed by atoms with Gasteiger partial charge in [-0.25, -0.2) is 0 Å². The van der Waals surface area contributed by atoms with Gasteiger partial charge in [-0.05, 0) is 51.0 Å². The Balaban J connectivity index is 2.20. The number of rotatable bonds is 5. The Morgan fingerprint density at radius 3 is 2.50 bits per heavy atom. The molecule has 0 heterocycles. The van der Waals surface area contributed by atoms with E-state index in [-0.39, 0.29) is 0 Å². The molecule has 2 bridgehead atoms. The standard InChI is InChI=1S/C14H28N2/c1-4-11(3)16(5-2)14(10-15)9-12-6-7-13(14)8-12/h11-13H,4-10,15H2,1-3H3. The van der Waals surface area contributed by atoms with Crippen molar-refractivity contribution < 1.29 is 0 Å². The Hall–Kier alpha value is -0.0800. The molecule has 0 aliphatic heterocycles. The number of nitrogens with two attached hydrogens (primary N) is 1. The minimum absolute atomic E-state index is 0.354. The topological polar surface area (TPSA) is 29.3 Å². The molecule has 2 rings (SSSR count). The van der Waals surface area contributed by atoms with Gasteiger partial charge >= 0.3 is 0 Å². The fourth-order valence-electron chi connectivity index (χ4n) is 4.42. The molecule has 2 fully saturated rings. The molecule has 94 valence electrons. The van der Waals surface area contributed by atoms with E-state index in [0.717, 1.165) is 24.9 Å². The van der Waals surface area contributed by atoms with E-state index in [9.17, 15) is 0 Å². The van der Waals surface area contributed by atoms with E-state index in [2.05, 4.69) is 25.7 Å². The van der Waals surface area contributed by atoms with Crippen molar-refractivity contribution in [3.8, 4) is 0 Å². The Bertz CT molecular complexity index is 241. The van der Waals surface area contributed by atoms with Crippen LogP contribution in [0.25, 0.3) is 0 Å². The van der Waals surface area contributed by atoms with E-state index in [4.69, 9.17) is 5.73 Å². The lowest BCUT2D eigenvalue weighted by Crippen LogP contribution is -2.59. The fraction of sp³-hybridized carbons (Fsp3) is 1.00. The van der Waals surface area contributed by atoms with E-state index in [1.807, 2.05) is 0 Å². The Morgan fingerprint density at radius 1 is 1.38 bits per heavy atom. The third-order valence-electron chi connectivity index (χ3n) is 5.33. The molecule has 0 saturated heterocycles. The van der Waals surface area contributed by atoms with E-state index in [1.165, 1.54) is 32.1 Å². The summed E-state index contributed by atoms with van der Waals surface area (Å²) < 4.78 is 0. The van der Waals surface area contributed by atoms with Crippen LogP contribution in [0.5, 0.6) is 0 Å². The monoisotopic (exact) mass is 224 g/mol. The molecule has 0 amide bonds. The minimum Gasteiger partial charge on any atom is -0.329 e. The van der Waals surface area contributed by atoms with Gasteiger partial charge in [-0.3, -0.25) is 4.90 Å². The van der Waals surface area contributed by atoms with Crippen molar-refractivity contribution in [2.45, 2.75) is 64.5 Å². The number of hydrogen-bond donors (Lipinski definition) is 1. The molecule has 0 aromatic carbocycles. The van der Waals surface area contributed by atoms with Gasteiger partial charge in [0.15, 0.2) is 0 Å². The van der Waals surface area contributed by atoms with Gasteiger partial charge in [0.25, 0.3) is 0 Å². The summed E-state index contributed by atoms with van der Waals surface area (Å²) >= 11 is 0. The average Bonchev–Trinajstić information content (AvgIpc) is 2.90. The molecule has 0 radical (unpaired) electrons. The van der Waals surface area contributed by atoms with Crippen LogP contribution in [0.3, 0.4) is 0 Å². The van der Waals surface area contributed by atoms with Crippen molar-refractivity contribution in [2.75, 3.05) is 13.1 Å². The number of hydrogen-bond acceptors (Lipinski definition) is 2. The molecule has 2 nitrogen and oxygen atoms in total. The summed E-state index contributed by atoms with van der Waals surface area (Å²) in [5, 5.41) is 0. The van der Waals surface area contributed by atoms with Crippen molar-refractivity contribution >= 4 is 0 Å². The summed E-state index contributed by atoms with van der Waals surface area (Å²) in [6.07, 6.45) is 6.95. The molecule has 2 aliphatic rings. The zero-order valence-corrected chi connectivity index (χ0v) is 11.2. The van der Waals surface area contributed by atoms with Gasteiger partial charge in [0.05, 0.1) is 0 Å².